The molecule has 32 heavy (non-hydrogen) atoms. The number of hydrogen-bond acceptors (Lipinski definition) is 7. The average Bonchev–Trinajstić information content (AvgIpc) is 3.41. The monoisotopic (exact) mass is 452 g/mol. The highest BCUT2D eigenvalue weighted by Gasteiger charge is 2.21. The summed E-state index contributed by atoms with van der Waals surface area (Å²) in [4.78, 5) is 17.0. The van der Waals surface area contributed by atoms with E-state index >= 15 is 0 Å². The molecule has 0 fully saturated rings. The second kappa shape index (κ2) is 9.32. The normalized spacial score (nSPS) is 14.7. The molecule has 1 unspecified atom stereocenters. The lowest BCUT2D eigenvalue weighted by Crippen LogP contribution is -2.07. The first kappa shape index (κ1) is 21.7. The van der Waals surface area contributed by atoms with E-state index in [1.165, 1.54) is 17.4 Å². The summed E-state index contributed by atoms with van der Waals surface area (Å²) in [5.41, 5.74) is 3.41. The van der Waals surface area contributed by atoms with E-state index in [0.717, 1.165) is 28.9 Å². The lowest BCUT2D eigenvalue weighted by atomic mass is 10.1. The van der Waals surface area contributed by atoms with Gasteiger partial charge in [-0.25, -0.2) is 4.98 Å². The van der Waals surface area contributed by atoms with Gasteiger partial charge in [-0.2, -0.15) is 0 Å². The number of hydrogen-bond donors (Lipinski definition) is 1. The standard InChI is InChI=1S/C24H24N2O5S/c1-14-9-16-11-20(29-3)15(10-21(16)31-14)5-8-23(27)26-24-25-19(13-32-24)18-7-6-17(28-2)12-22(18)30-4/h5-8,10-14H,9H2,1-4H3,(H,25,26,27)/b8-5+. The van der Waals surface area contributed by atoms with Gasteiger partial charge in [0.05, 0.1) is 27.0 Å². The van der Waals surface area contributed by atoms with Gasteiger partial charge in [-0.1, -0.05) is 0 Å². The van der Waals surface area contributed by atoms with E-state index in [-0.39, 0.29) is 12.0 Å². The first-order valence-corrected chi connectivity index (χ1v) is 10.9. The summed E-state index contributed by atoms with van der Waals surface area (Å²) in [5, 5.41) is 5.16. The molecule has 2 aromatic carbocycles. The second-order valence-corrected chi connectivity index (χ2v) is 8.12. The zero-order valence-corrected chi connectivity index (χ0v) is 19.1. The summed E-state index contributed by atoms with van der Waals surface area (Å²) in [7, 11) is 4.81. The first-order valence-electron chi connectivity index (χ1n) is 10.0. The Labute approximate surface area is 190 Å². The fraction of sp³-hybridized carbons (Fsp3) is 0.250. The van der Waals surface area contributed by atoms with Gasteiger partial charge in [0, 0.05) is 40.6 Å². The summed E-state index contributed by atoms with van der Waals surface area (Å²) in [6.45, 7) is 2.03. The third kappa shape index (κ3) is 4.55. The molecule has 0 saturated heterocycles. The van der Waals surface area contributed by atoms with Crippen molar-refractivity contribution in [1.82, 2.24) is 4.98 Å². The number of rotatable bonds is 7. The molecule has 0 saturated carbocycles. The molecule has 7 nitrogen and oxygen atoms in total. The Hall–Kier alpha value is -3.52. The summed E-state index contributed by atoms with van der Waals surface area (Å²) < 4.78 is 22.0. The SMILES string of the molecule is COc1ccc(-c2csc(NC(=O)/C=C/c3cc4c(cc3OC)CC(C)O4)n2)c(OC)c1. The molecule has 1 aliphatic rings. The fourth-order valence-corrected chi connectivity index (χ4v) is 4.25. The molecule has 1 aromatic heterocycles. The lowest BCUT2D eigenvalue weighted by Gasteiger charge is -2.08. The topological polar surface area (TPSA) is 78.9 Å². The average molecular weight is 453 g/mol. The largest absolute Gasteiger partial charge is 0.497 e. The van der Waals surface area contributed by atoms with Crippen LogP contribution in [-0.4, -0.2) is 38.3 Å². The smallest absolute Gasteiger partial charge is 0.250 e. The van der Waals surface area contributed by atoms with Crippen LogP contribution in [0.1, 0.15) is 18.1 Å². The molecule has 1 atom stereocenters. The molecule has 0 aliphatic carbocycles. The Bertz CT molecular complexity index is 1170. The van der Waals surface area contributed by atoms with Crippen molar-refractivity contribution in [3.05, 3.63) is 52.9 Å². The number of benzene rings is 2. The number of aromatic nitrogens is 1. The molecule has 0 bridgehead atoms. The molecule has 0 radical (unpaired) electrons. The number of methoxy groups -OCH3 is 3. The van der Waals surface area contributed by atoms with Crippen LogP contribution >= 0.6 is 11.3 Å². The number of carbonyl (C=O) groups is 1. The van der Waals surface area contributed by atoms with Crippen LogP contribution in [0.3, 0.4) is 0 Å². The minimum absolute atomic E-state index is 0.139. The van der Waals surface area contributed by atoms with Crippen LogP contribution in [0.25, 0.3) is 17.3 Å². The van der Waals surface area contributed by atoms with Crippen LogP contribution in [0.15, 0.2) is 41.8 Å². The lowest BCUT2D eigenvalue weighted by molar-refractivity contribution is -0.111. The Balaban J connectivity index is 1.48. The number of amides is 1. The van der Waals surface area contributed by atoms with E-state index in [2.05, 4.69) is 10.3 Å². The van der Waals surface area contributed by atoms with Gasteiger partial charge in [-0.05, 0) is 37.3 Å². The van der Waals surface area contributed by atoms with Crippen molar-refractivity contribution >= 4 is 28.5 Å². The maximum Gasteiger partial charge on any atom is 0.250 e. The molecule has 8 heteroatoms. The van der Waals surface area contributed by atoms with Crippen LogP contribution < -0.4 is 24.3 Å². The molecule has 1 N–H and O–H groups in total. The van der Waals surface area contributed by atoms with Crippen LogP contribution in [0.2, 0.25) is 0 Å². The Morgan fingerprint density at radius 3 is 2.72 bits per heavy atom. The molecule has 166 valence electrons. The van der Waals surface area contributed by atoms with Crippen LogP contribution in [-0.2, 0) is 11.2 Å². The molecular formula is C24H24N2O5S. The van der Waals surface area contributed by atoms with Crippen LogP contribution in [0.4, 0.5) is 5.13 Å². The number of thiazole rings is 1. The molecule has 1 amide bonds. The Morgan fingerprint density at radius 2 is 1.97 bits per heavy atom. The molecular weight excluding hydrogens is 428 g/mol. The predicted octanol–water partition coefficient (Wildman–Crippen LogP) is 4.81. The van der Waals surface area contributed by atoms with Gasteiger partial charge >= 0.3 is 0 Å². The minimum Gasteiger partial charge on any atom is -0.497 e. The molecule has 3 aromatic rings. The van der Waals surface area contributed by atoms with Crippen molar-refractivity contribution in [2.75, 3.05) is 26.6 Å². The van der Waals surface area contributed by atoms with Gasteiger partial charge in [-0.3, -0.25) is 10.1 Å². The second-order valence-electron chi connectivity index (χ2n) is 7.26. The zero-order chi connectivity index (χ0) is 22.7. The van der Waals surface area contributed by atoms with Crippen molar-refractivity contribution < 1.29 is 23.7 Å². The molecule has 4 rings (SSSR count). The Kier molecular flexibility index (Phi) is 6.32. The summed E-state index contributed by atoms with van der Waals surface area (Å²) in [6.07, 6.45) is 4.15. The van der Waals surface area contributed by atoms with Crippen molar-refractivity contribution in [3.63, 3.8) is 0 Å². The summed E-state index contributed by atoms with van der Waals surface area (Å²) >= 11 is 1.34. The van der Waals surface area contributed by atoms with Gasteiger partial charge < -0.3 is 18.9 Å². The van der Waals surface area contributed by atoms with Crippen molar-refractivity contribution in [2.45, 2.75) is 19.4 Å². The van der Waals surface area contributed by atoms with E-state index in [1.807, 2.05) is 36.6 Å². The van der Waals surface area contributed by atoms with Crippen molar-refractivity contribution in [3.8, 4) is 34.3 Å². The maximum absolute atomic E-state index is 12.5. The van der Waals surface area contributed by atoms with Crippen molar-refractivity contribution in [1.29, 1.82) is 0 Å². The van der Waals surface area contributed by atoms with E-state index in [0.29, 0.717) is 28.1 Å². The van der Waals surface area contributed by atoms with E-state index in [4.69, 9.17) is 18.9 Å². The molecule has 0 spiro atoms. The summed E-state index contributed by atoms with van der Waals surface area (Å²) in [5.74, 6) is 2.59. The van der Waals surface area contributed by atoms with Gasteiger partial charge in [0.15, 0.2) is 5.13 Å². The summed E-state index contributed by atoms with van der Waals surface area (Å²) in [6, 6.07) is 9.38. The highest BCUT2D eigenvalue weighted by molar-refractivity contribution is 7.14. The fourth-order valence-electron chi connectivity index (χ4n) is 3.54. The maximum atomic E-state index is 12.5. The number of fused-ring (bicyclic) bond motifs is 1. The number of nitrogens with one attached hydrogen (secondary N) is 1. The predicted molar refractivity (Wildman–Crippen MR) is 125 cm³/mol. The third-order valence-electron chi connectivity index (χ3n) is 5.08. The van der Waals surface area contributed by atoms with Gasteiger partial charge in [-0.15, -0.1) is 11.3 Å². The zero-order valence-electron chi connectivity index (χ0n) is 18.3. The molecule has 2 heterocycles. The van der Waals surface area contributed by atoms with Crippen LogP contribution in [0, 0.1) is 0 Å². The Morgan fingerprint density at radius 1 is 1.16 bits per heavy atom. The number of nitrogens with zero attached hydrogens (tertiary/aromatic N) is 1. The minimum atomic E-state index is -0.288. The highest BCUT2D eigenvalue weighted by Crippen LogP contribution is 2.36. The van der Waals surface area contributed by atoms with Crippen LogP contribution in [0.5, 0.6) is 23.0 Å². The third-order valence-corrected chi connectivity index (χ3v) is 5.84. The van der Waals surface area contributed by atoms with Gasteiger partial charge in [0.2, 0.25) is 5.91 Å². The van der Waals surface area contributed by atoms with Gasteiger partial charge in [0.25, 0.3) is 0 Å². The first-order chi connectivity index (χ1) is 15.5. The van der Waals surface area contributed by atoms with E-state index in [1.54, 1.807) is 33.5 Å². The number of carbonyl (C=O) groups excluding carboxylic acids is 1. The van der Waals surface area contributed by atoms with E-state index in [9.17, 15) is 4.79 Å². The molecule has 1 aliphatic heterocycles. The number of anilines is 1. The number of ether oxygens (including phenoxy) is 4. The highest BCUT2D eigenvalue weighted by atomic mass is 32.1. The van der Waals surface area contributed by atoms with E-state index < -0.39 is 0 Å². The quantitative estimate of drug-likeness (QED) is 0.518. The van der Waals surface area contributed by atoms with Crippen molar-refractivity contribution in [2.24, 2.45) is 0 Å². The van der Waals surface area contributed by atoms with Gasteiger partial charge in [0.1, 0.15) is 29.1 Å².